The Labute approximate surface area is 147 Å². The third-order valence-electron chi connectivity index (χ3n) is 3.05. The minimum Gasteiger partial charge on any atom is -0.493 e. The van der Waals surface area contributed by atoms with Gasteiger partial charge in [-0.15, -0.1) is 12.4 Å². The van der Waals surface area contributed by atoms with Crippen molar-refractivity contribution >= 4 is 29.9 Å². The number of benzene rings is 1. The monoisotopic (exact) mass is 357 g/mol. The quantitative estimate of drug-likeness (QED) is 0.587. The molecule has 0 bridgehead atoms. The highest BCUT2D eigenvalue weighted by molar-refractivity contribution is 6.30. The van der Waals surface area contributed by atoms with Crippen LogP contribution in [0, 0.1) is 11.3 Å². The number of nitrogens with one attached hydrogen (secondary N) is 1. The van der Waals surface area contributed by atoms with E-state index >= 15 is 0 Å². The van der Waals surface area contributed by atoms with Crippen molar-refractivity contribution in [1.82, 2.24) is 0 Å². The average molecular weight is 358 g/mol. The van der Waals surface area contributed by atoms with Crippen molar-refractivity contribution in [2.24, 2.45) is 5.92 Å². The molecule has 6 heteroatoms. The lowest BCUT2D eigenvalue weighted by Gasteiger charge is -2.13. The van der Waals surface area contributed by atoms with Gasteiger partial charge >= 0.3 is 0 Å². The van der Waals surface area contributed by atoms with Crippen LogP contribution in [0.4, 0.5) is 0 Å². The first-order valence-electron chi connectivity index (χ1n) is 7.12. The molecule has 0 aliphatic heterocycles. The van der Waals surface area contributed by atoms with E-state index < -0.39 is 0 Å². The topological polar surface area (TPSA) is 55.5 Å². The highest BCUT2D eigenvalue weighted by atomic mass is 35.5. The minimum absolute atomic E-state index is 0. The van der Waals surface area contributed by atoms with Gasteiger partial charge in [0.1, 0.15) is 11.5 Å². The largest absolute Gasteiger partial charge is 0.493 e. The Hall–Kier alpha value is -1.65. The summed E-state index contributed by atoms with van der Waals surface area (Å²) in [4.78, 5) is 0. The molecule has 126 valence electrons. The molecular formula is C17H21Cl2NO3. The maximum atomic E-state index is 7.60. The molecule has 0 unspecified atom stereocenters. The summed E-state index contributed by atoms with van der Waals surface area (Å²) in [5, 5.41) is 8.26. The van der Waals surface area contributed by atoms with Gasteiger partial charge in [0.05, 0.1) is 13.7 Å². The van der Waals surface area contributed by atoms with Gasteiger partial charge in [-0.25, -0.2) is 0 Å². The number of furan rings is 1. The molecule has 0 amide bonds. The summed E-state index contributed by atoms with van der Waals surface area (Å²) >= 11 is 6.08. The fourth-order valence-corrected chi connectivity index (χ4v) is 2.16. The Morgan fingerprint density at radius 2 is 2.00 bits per heavy atom. The SMILES string of the molecule is COC(=N)c1ccc(Cc2cc(Cl)ccc2OCC(C)C)o1.Cl. The maximum absolute atomic E-state index is 7.60. The number of hydrogen-bond donors (Lipinski definition) is 1. The van der Waals surface area contributed by atoms with Crippen molar-refractivity contribution in [1.29, 1.82) is 5.41 Å². The van der Waals surface area contributed by atoms with E-state index in [1.807, 2.05) is 24.3 Å². The first kappa shape index (κ1) is 19.4. The molecule has 1 N–H and O–H groups in total. The predicted octanol–water partition coefficient (Wildman–Crippen LogP) is 4.95. The molecule has 2 aromatic rings. The fourth-order valence-electron chi connectivity index (χ4n) is 1.97. The van der Waals surface area contributed by atoms with Gasteiger partial charge in [-0.1, -0.05) is 25.4 Å². The number of hydrogen-bond acceptors (Lipinski definition) is 4. The van der Waals surface area contributed by atoms with E-state index in [2.05, 4.69) is 13.8 Å². The van der Waals surface area contributed by atoms with Gasteiger partial charge in [0, 0.05) is 17.0 Å². The summed E-state index contributed by atoms with van der Waals surface area (Å²) in [6, 6.07) is 9.12. The van der Waals surface area contributed by atoms with Crippen LogP contribution in [-0.2, 0) is 11.2 Å². The maximum Gasteiger partial charge on any atom is 0.249 e. The lowest BCUT2D eigenvalue weighted by molar-refractivity contribution is 0.268. The van der Waals surface area contributed by atoms with Gasteiger partial charge in [-0.05, 0) is 36.2 Å². The summed E-state index contributed by atoms with van der Waals surface area (Å²) in [7, 11) is 1.44. The molecule has 1 aromatic carbocycles. The van der Waals surface area contributed by atoms with E-state index in [4.69, 9.17) is 30.9 Å². The number of methoxy groups -OCH3 is 1. The van der Waals surface area contributed by atoms with Crippen molar-refractivity contribution < 1.29 is 13.9 Å². The summed E-state index contributed by atoms with van der Waals surface area (Å²) in [5.41, 5.74) is 0.956. The lowest BCUT2D eigenvalue weighted by Crippen LogP contribution is -2.06. The minimum atomic E-state index is 0. The van der Waals surface area contributed by atoms with E-state index in [-0.39, 0.29) is 18.3 Å². The summed E-state index contributed by atoms with van der Waals surface area (Å²) < 4.78 is 16.3. The zero-order chi connectivity index (χ0) is 16.1. The van der Waals surface area contributed by atoms with Crippen LogP contribution in [0.2, 0.25) is 5.02 Å². The normalized spacial score (nSPS) is 10.3. The molecule has 1 heterocycles. The summed E-state index contributed by atoms with van der Waals surface area (Å²) in [6.07, 6.45) is 0.547. The van der Waals surface area contributed by atoms with Crippen LogP contribution < -0.4 is 4.74 Å². The van der Waals surface area contributed by atoms with E-state index in [9.17, 15) is 0 Å². The first-order chi connectivity index (χ1) is 10.5. The van der Waals surface area contributed by atoms with E-state index in [0.717, 1.165) is 17.1 Å². The molecule has 23 heavy (non-hydrogen) atoms. The standard InChI is InChI=1S/C17H20ClNO3.ClH/c1-11(2)10-21-15-6-4-13(18)8-12(15)9-14-5-7-16(22-14)17(19)20-3;/h4-8,11,19H,9-10H2,1-3H3;1H. The molecule has 0 atom stereocenters. The smallest absolute Gasteiger partial charge is 0.249 e. The fraction of sp³-hybridized carbons (Fsp3) is 0.353. The van der Waals surface area contributed by atoms with Gasteiger partial charge in [0.25, 0.3) is 0 Å². The second-order valence-electron chi connectivity index (χ2n) is 5.43. The van der Waals surface area contributed by atoms with Gasteiger partial charge in [0.15, 0.2) is 5.76 Å². The first-order valence-corrected chi connectivity index (χ1v) is 7.50. The van der Waals surface area contributed by atoms with Gasteiger partial charge in [0.2, 0.25) is 5.90 Å². The van der Waals surface area contributed by atoms with Crippen molar-refractivity contribution in [3.8, 4) is 5.75 Å². The van der Waals surface area contributed by atoms with Crippen LogP contribution in [-0.4, -0.2) is 19.6 Å². The summed E-state index contributed by atoms with van der Waals surface area (Å²) in [5.74, 6) is 2.39. The zero-order valence-electron chi connectivity index (χ0n) is 13.4. The molecular weight excluding hydrogens is 337 g/mol. The Morgan fingerprint density at radius 3 is 2.65 bits per heavy atom. The third kappa shape index (κ3) is 5.48. The second kappa shape index (κ2) is 8.85. The molecule has 0 aliphatic carbocycles. The highest BCUT2D eigenvalue weighted by Crippen LogP contribution is 2.26. The molecule has 0 saturated carbocycles. The predicted molar refractivity (Wildman–Crippen MR) is 94.4 cm³/mol. The molecule has 4 nitrogen and oxygen atoms in total. The highest BCUT2D eigenvalue weighted by Gasteiger charge is 2.12. The van der Waals surface area contributed by atoms with Gasteiger partial charge in [-0.3, -0.25) is 5.41 Å². The van der Waals surface area contributed by atoms with E-state index in [1.165, 1.54) is 7.11 Å². The van der Waals surface area contributed by atoms with Crippen LogP contribution in [0.25, 0.3) is 0 Å². The molecule has 0 spiro atoms. The van der Waals surface area contributed by atoms with Crippen molar-refractivity contribution in [3.63, 3.8) is 0 Å². The number of rotatable bonds is 6. The Balaban J connectivity index is 0.00000264. The Kier molecular flexibility index (Phi) is 7.46. The average Bonchev–Trinajstić information content (AvgIpc) is 2.94. The van der Waals surface area contributed by atoms with Crippen molar-refractivity contribution in [2.75, 3.05) is 13.7 Å². The van der Waals surface area contributed by atoms with Crippen molar-refractivity contribution in [3.05, 3.63) is 52.4 Å². The Morgan fingerprint density at radius 1 is 1.26 bits per heavy atom. The van der Waals surface area contributed by atoms with Crippen LogP contribution in [0.15, 0.2) is 34.7 Å². The lowest BCUT2D eigenvalue weighted by atomic mass is 10.1. The number of halogens is 2. The Bertz CT molecular complexity index is 653. The zero-order valence-corrected chi connectivity index (χ0v) is 15.0. The molecule has 0 saturated heterocycles. The van der Waals surface area contributed by atoms with Gasteiger partial charge < -0.3 is 13.9 Å². The van der Waals surface area contributed by atoms with Crippen LogP contribution >= 0.6 is 24.0 Å². The molecule has 2 rings (SSSR count). The van der Waals surface area contributed by atoms with Gasteiger partial charge in [-0.2, -0.15) is 0 Å². The molecule has 0 radical (unpaired) electrons. The second-order valence-corrected chi connectivity index (χ2v) is 5.87. The van der Waals surface area contributed by atoms with Crippen molar-refractivity contribution in [2.45, 2.75) is 20.3 Å². The molecule has 0 aliphatic rings. The molecule has 1 aromatic heterocycles. The van der Waals surface area contributed by atoms with E-state index in [1.54, 1.807) is 6.07 Å². The summed E-state index contributed by atoms with van der Waals surface area (Å²) in [6.45, 7) is 4.85. The third-order valence-corrected chi connectivity index (χ3v) is 3.28. The van der Waals surface area contributed by atoms with Crippen LogP contribution in [0.3, 0.4) is 0 Å². The van der Waals surface area contributed by atoms with E-state index in [0.29, 0.717) is 29.7 Å². The molecule has 0 fully saturated rings. The van der Waals surface area contributed by atoms with Crippen LogP contribution in [0.1, 0.15) is 30.9 Å². The number of ether oxygens (including phenoxy) is 2. The van der Waals surface area contributed by atoms with Crippen LogP contribution in [0.5, 0.6) is 5.75 Å².